The van der Waals surface area contributed by atoms with Crippen molar-refractivity contribution in [2.45, 2.75) is 60.3 Å². The van der Waals surface area contributed by atoms with E-state index in [1.54, 1.807) is 24.3 Å². The average Bonchev–Trinajstić information content (AvgIpc) is 3.88. The highest BCUT2D eigenvalue weighted by atomic mass is 16.6. The number of methoxy groups -OCH3 is 1. The van der Waals surface area contributed by atoms with Gasteiger partial charge in [0.15, 0.2) is 5.78 Å². The Labute approximate surface area is 299 Å². The van der Waals surface area contributed by atoms with Gasteiger partial charge in [0.2, 0.25) is 0 Å². The first-order valence-corrected chi connectivity index (χ1v) is 17.1. The molecule has 8 bridgehead atoms. The zero-order valence-electron chi connectivity index (χ0n) is 29.8. The van der Waals surface area contributed by atoms with Crippen LogP contribution in [-0.2, 0) is 14.3 Å². The Balaban J connectivity index is 1.48. The van der Waals surface area contributed by atoms with Gasteiger partial charge in [0.05, 0.1) is 51.6 Å². The van der Waals surface area contributed by atoms with Gasteiger partial charge in [-0.1, -0.05) is 13.0 Å². The van der Waals surface area contributed by atoms with Gasteiger partial charge in [-0.3, -0.25) is 19.7 Å². The van der Waals surface area contributed by atoms with Crippen LogP contribution in [0.25, 0.3) is 24.0 Å². The maximum absolute atomic E-state index is 13.6. The molecule has 2 N–H and O–H groups in total. The van der Waals surface area contributed by atoms with Gasteiger partial charge < -0.3 is 14.8 Å². The molecule has 1 aliphatic carbocycles. The number of nitro benzene ring substituents is 1. The minimum Gasteiger partial charge on any atom is -0.507 e. The molecule has 5 aliphatic rings. The van der Waals surface area contributed by atoms with Gasteiger partial charge in [0.1, 0.15) is 5.76 Å². The first-order chi connectivity index (χ1) is 24.9. The van der Waals surface area contributed by atoms with E-state index in [1.807, 2.05) is 45.9 Å². The lowest BCUT2D eigenvalue weighted by Crippen LogP contribution is -2.28. The summed E-state index contributed by atoms with van der Waals surface area (Å²) in [6, 6.07) is 6.08. The number of aliphatic hydroxyl groups excluding tert-OH is 1. The van der Waals surface area contributed by atoms with Crippen molar-refractivity contribution in [3.63, 3.8) is 0 Å². The fourth-order valence-electron chi connectivity index (χ4n) is 7.35. The number of ether oxygens (including phenoxy) is 1. The van der Waals surface area contributed by atoms with Crippen LogP contribution in [0.3, 0.4) is 0 Å². The monoisotopic (exact) mass is 695 g/mol. The molecular weight excluding hydrogens is 658 g/mol. The number of hydrogen-bond donors (Lipinski definition) is 2. The summed E-state index contributed by atoms with van der Waals surface area (Å²) in [5, 5.41) is 23.9. The van der Waals surface area contributed by atoms with Crippen LogP contribution in [-0.4, -0.2) is 51.0 Å². The number of nitro groups is 1. The average molecular weight is 696 g/mol. The largest absolute Gasteiger partial charge is 0.507 e. The Bertz CT molecular complexity index is 2490. The number of allylic oxidation sites excluding steroid dienone is 8. The van der Waals surface area contributed by atoms with Crippen LogP contribution in [0.1, 0.15) is 70.2 Å². The number of benzene rings is 1. The van der Waals surface area contributed by atoms with Crippen molar-refractivity contribution in [1.29, 1.82) is 0 Å². The summed E-state index contributed by atoms with van der Waals surface area (Å²) in [4.78, 5) is 55.2. The van der Waals surface area contributed by atoms with Crippen molar-refractivity contribution < 1.29 is 24.4 Å². The topological polar surface area (TPSA) is 160 Å². The lowest BCUT2D eigenvalue weighted by molar-refractivity contribution is -0.384. The molecule has 1 aromatic carbocycles. The Hall–Kier alpha value is -6.23. The first-order valence-electron chi connectivity index (χ1n) is 17.1. The zero-order chi connectivity index (χ0) is 37.0. The standard InChI is InChI=1S/C41H37N5O6/c1-7-26-20(2)29-19-34-38(35(47)14-10-24-8-11-25(12-9-24)46(50)51)22(4)31(43-34)17-30-21(3)27(13-15-37(49)52-6)40(44-30)28-16-36(48)39-23(5)32(45-41(28)39)18-33(26)42-29/h8-12,14,17-19,43,47H,7,13,15-16H2,1-6H3/b14-10+,30-17?,33-18?,34-19?,38-35-. The summed E-state index contributed by atoms with van der Waals surface area (Å²) in [5.41, 5.74) is 12.1. The molecule has 4 aliphatic heterocycles. The van der Waals surface area contributed by atoms with Crippen LogP contribution in [0.15, 0.2) is 107 Å². The third-order valence-corrected chi connectivity index (χ3v) is 10.3. The molecule has 11 nitrogen and oxygen atoms in total. The summed E-state index contributed by atoms with van der Waals surface area (Å²) in [7, 11) is 1.36. The smallest absolute Gasteiger partial charge is 0.305 e. The van der Waals surface area contributed by atoms with Crippen LogP contribution < -0.4 is 10.6 Å². The lowest BCUT2D eigenvalue weighted by atomic mass is 9.95. The van der Waals surface area contributed by atoms with Crippen molar-refractivity contribution in [2.24, 2.45) is 15.0 Å². The zero-order valence-corrected chi connectivity index (χ0v) is 29.8. The van der Waals surface area contributed by atoms with Crippen LogP contribution in [0.5, 0.6) is 0 Å². The van der Waals surface area contributed by atoms with Gasteiger partial charge in [0.25, 0.3) is 5.69 Å². The van der Waals surface area contributed by atoms with E-state index in [0.29, 0.717) is 56.6 Å². The number of aliphatic imine (C=N–C) groups is 3. The number of esters is 1. The summed E-state index contributed by atoms with van der Waals surface area (Å²) in [5.74, 6) is -0.366. The second-order valence-corrected chi connectivity index (χ2v) is 13.2. The molecule has 0 amide bonds. The maximum atomic E-state index is 13.6. The molecule has 0 fully saturated rings. The van der Waals surface area contributed by atoms with Gasteiger partial charge in [-0.05, 0) is 116 Å². The van der Waals surface area contributed by atoms with Crippen molar-refractivity contribution in [2.75, 3.05) is 7.11 Å². The second kappa shape index (κ2) is 13.1. The molecule has 5 heterocycles. The molecule has 0 unspecified atom stereocenters. The number of non-ortho nitro benzene ring substituents is 1. The lowest BCUT2D eigenvalue weighted by Gasteiger charge is -2.09. The molecule has 262 valence electrons. The molecule has 2 aromatic rings. The minimum absolute atomic E-state index is 0.00865. The molecule has 7 rings (SSSR count). The summed E-state index contributed by atoms with van der Waals surface area (Å²) in [6.45, 7) is 9.88. The van der Waals surface area contributed by atoms with E-state index in [9.17, 15) is 24.8 Å². The highest BCUT2D eigenvalue weighted by molar-refractivity contribution is 6.29. The molecule has 0 atom stereocenters. The van der Waals surface area contributed by atoms with Crippen LogP contribution in [0.2, 0.25) is 0 Å². The number of carbonyl (C=O) groups excluding carboxylic acids is 2. The van der Waals surface area contributed by atoms with Crippen LogP contribution >= 0.6 is 0 Å². The van der Waals surface area contributed by atoms with E-state index in [4.69, 9.17) is 19.7 Å². The molecular formula is C41H37N5O6. The van der Waals surface area contributed by atoms with Gasteiger partial charge in [-0.25, -0.2) is 15.0 Å². The Morgan fingerprint density at radius 1 is 0.981 bits per heavy atom. The normalized spacial score (nSPS) is 18.6. The number of aromatic nitrogens is 1. The van der Waals surface area contributed by atoms with E-state index in [1.165, 1.54) is 19.2 Å². The van der Waals surface area contributed by atoms with Gasteiger partial charge in [-0.15, -0.1) is 0 Å². The number of nitrogens with one attached hydrogen (secondary N) is 1. The van der Waals surface area contributed by atoms with Crippen molar-refractivity contribution in [3.8, 4) is 0 Å². The predicted molar refractivity (Wildman–Crippen MR) is 202 cm³/mol. The third kappa shape index (κ3) is 5.77. The Morgan fingerprint density at radius 2 is 1.71 bits per heavy atom. The molecule has 0 saturated carbocycles. The summed E-state index contributed by atoms with van der Waals surface area (Å²) in [6.07, 6.45) is 10.5. The molecule has 52 heavy (non-hydrogen) atoms. The number of H-pyrrole nitrogens is 1. The fraction of sp³-hybridized carbons (Fsp3) is 0.244. The van der Waals surface area contributed by atoms with Gasteiger partial charge >= 0.3 is 5.97 Å². The number of aromatic amines is 1. The van der Waals surface area contributed by atoms with Gasteiger partial charge in [0, 0.05) is 47.0 Å². The Morgan fingerprint density at radius 3 is 2.40 bits per heavy atom. The third-order valence-electron chi connectivity index (χ3n) is 10.3. The number of hydrogen-bond acceptors (Lipinski definition) is 9. The Kier molecular flexibility index (Phi) is 8.65. The predicted octanol–water partition coefficient (Wildman–Crippen LogP) is 6.53. The maximum Gasteiger partial charge on any atom is 0.305 e. The first kappa shape index (κ1) is 34.2. The fourth-order valence-corrected chi connectivity index (χ4v) is 7.35. The number of aliphatic hydroxyl groups is 1. The van der Waals surface area contributed by atoms with E-state index in [2.05, 4.69) is 11.9 Å². The number of rotatable bonds is 7. The van der Waals surface area contributed by atoms with Crippen LogP contribution in [0.4, 0.5) is 5.69 Å². The number of ketones is 1. The highest BCUT2D eigenvalue weighted by Crippen LogP contribution is 2.43. The number of fused-ring (bicyclic) bond motifs is 5. The quantitative estimate of drug-likeness (QED) is 0.190. The summed E-state index contributed by atoms with van der Waals surface area (Å²) < 4.78 is 4.96. The van der Waals surface area contributed by atoms with Crippen molar-refractivity contribution in [1.82, 2.24) is 4.98 Å². The second-order valence-electron chi connectivity index (χ2n) is 13.2. The molecule has 0 radical (unpaired) electrons. The summed E-state index contributed by atoms with van der Waals surface area (Å²) >= 11 is 0. The molecule has 11 heteroatoms. The minimum atomic E-state index is -0.454. The van der Waals surface area contributed by atoms with Crippen molar-refractivity contribution >= 4 is 58.6 Å². The van der Waals surface area contributed by atoms with E-state index in [-0.39, 0.29) is 36.0 Å². The van der Waals surface area contributed by atoms with E-state index in [0.717, 1.165) is 56.8 Å². The van der Waals surface area contributed by atoms with E-state index >= 15 is 0 Å². The molecule has 0 spiro atoms. The molecule has 0 saturated heterocycles. The highest BCUT2D eigenvalue weighted by Gasteiger charge is 2.39. The van der Waals surface area contributed by atoms with E-state index < -0.39 is 4.92 Å². The number of Topliss-reactive ketones (excluding diaryl/α,β-unsaturated/α-hetero) is 1. The molecule has 1 aromatic heterocycles. The SMILES string of the molecule is CCC1=C(C)C2=NC1=CC1=NC3=C(CC(=O)C3=C1C)C1=NC(=Cc3[nH]c(/c(=C(O)/C=C/c4ccc([N+](=O)[O-])cc4)c3C)=C2)C(C)=C1CCC(=O)OC. The number of carbonyl (C=O) groups is 2. The van der Waals surface area contributed by atoms with Crippen LogP contribution in [0, 0.1) is 17.0 Å². The van der Waals surface area contributed by atoms with Gasteiger partial charge in [-0.2, -0.15) is 0 Å². The number of nitrogens with zero attached hydrogens (tertiary/aromatic N) is 4. The van der Waals surface area contributed by atoms with Crippen molar-refractivity contribution in [3.05, 3.63) is 130 Å².